The second-order valence-corrected chi connectivity index (χ2v) is 11.3. The van der Waals surface area contributed by atoms with Crippen molar-refractivity contribution in [3.63, 3.8) is 0 Å². The fourth-order valence-electron chi connectivity index (χ4n) is 4.83. The molecular weight excluding hydrogens is 394 g/mol. The summed E-state index contributed by atoms with van der Waals surface area (Å²) in [5, 5.41) is 16.2. The number of quaternary nitrogens is 1. The molecule has 0 spiro atoms. The molecule has 1 aromatic rings. The number of carbonyl (C=O) groups is 1. The average molecular weight is 434 g/mol. The second-order valence-electron chi connectivity index (χ2n) is 10.2. The number of rotatable bonds is 7. The maximum Gasteiger partial charge on any atom is 0.237 e. The molecule has 1 aliphatic carbocycles. The van der Waals surface area contributed by atoms with Crippen molar-refractivity contribution < 1.29 is 15.6 Å². The Hall–Kier alpha value is -1.08. The number of piperidine rings is 1. The van der Waals surface area contributed by atoms with Gasteiger partial charge in [-0.2, -0.15) is 0 Å². The summed E-state index contributed by atoms with van der Waals surface area (Å²) in [5.74, 6) is 2.04. The summed E-state index contributed by atoms with van der Waals surface area (Å²) < 4.78 is 0. The molecule has 0 radical (unpaired) electrons. The molecule has 4 N–H and O–H groups in total. The van der Waals surface area contributed by atoms with E-state index in [0.717, 1.165) is 13.0 Å². The molecule has 1 aliphatic heterocycles. The van der Waals surface area contributed by atoms with Crippen LogP contribution in [-0.2, 0) is 4.79 Å². The Bertz CT molecular complexity index is 679. The fourth-order valence-corrected chi connectivity index (χ4v) is 5.81. The van der Waals surface area contributed by atoms with Crippen LogP contribution in [0.5, 0.6) is 0 Å². The van der Waals surface area contributed by atoms with Gasteiger partial charge in [-0.05, 0) is 64.1 Å². The molecule has 1 heterocycles. The van der Waals surface area contributed by atoms with E-state index in [0.29, 0.717) is 24.1 Å². The number of carbonyl (C=O) groups excluding carboxylic acids is 1. The number of likely N-dealkylation sites (tertiary alicyclic amines) is 1. The quantitative estimate of drug-likeness (QED) is 0.644. The van der Waals surface area contributed by atoms with Crippen LogP contribution in [0.4, 0.5) is 0 Å². The summed E-state index contributed by atoms with van der Waals surface area (Å²) in [6.07, 6.45) is 5.11. The molecule has 3 rings (SSSR count). The predicted octanol–water partition coefficient (Wildman–Crippen LogP) is 1.91. The first-order chi connectivity index (χ1) is 14.2. The van der Waals surface area contributed by atoms with Crippen LogP contribution in [0.15, 0.2) is 35.2 Å². The number of nitrogens with one attached hydrogen (secondary N) is 1. The van der Waals surface area contributed by atoms with E-state index >= 15 is 0 Å². The van der Waals surface area contributed by atoms with Crippen molar-refractivity contribution in [1.29, 1.82) is 0 Å². The van der Waals surface area contributed by atoms with E-state index in [4.69, 9.17) is 0 Å². The van der Waals surface area contributed by atoms with Gasteiger partial charge >= 0.3 is 0 Å². The predicted molar refractivity (Wildman–Crippen MR) is 121 cm³/mol. The molecule has 1 aromatic carbocycles. The summed E-state index contributed by atoms with van der Waals surface area (Å²) in [6, 6.07) is 9.79. The highest BCUT2D eigenvalue weighted by Gasteiger charge is 2.40. The zero-order chi connectivity index (χ0) is 21.7. The van der Waals surface area contributed by atoms with Gasteiger partial charge in [0.25, 0.3) is 0 Å². The average Bonchev–Trinajstić information content (AvgIpc) is 2.71. The minimum atomic E-state index is -0.786. The SMILES string of the molecule is CC(C)(C)NC(=O)[C@@H]1C[C@@H]2CCCC[C@@H]2CN1C[C@@H]([O-])[C@@H]([NH3+])CSc1ccccc1. The number of hydrogen-bond donors (Lipinski definition) is 2. The van der Waals surface area contributed by atoms with Gasteiger partial charge in [-0.3, -0.25) is 9.69 Å². The molecule has 30 heavy (non-hydrogen) atoms. The summed E-state index contributed by atoms with van der Waals surface area (Å²) in [5.41, 5.74) is 3.91. The summed E-state index contributed by atoms with van der Waals surface area (Å²) in [6.45, 7) is 7.35. The smallest absolute Gasteiger partial charge is 0.237 e. The van der Waals surface area contributed by atoms with Crippen molar-refractivity contribution in [3.8, 4) is 0 Å². The van der Waals surface area contributed by atoms with Gasteiger partial charge in [0.05, 0.1) is 12.1 Å². The zero-order valence-electron chi connectivity index (χ0n) is 18.8. The van der Waals surface area contributed by atoms with Gasteiger partial charge in [0.15, 0.2) is 0 Å². The van der Waals surface area contributed by atoms with Gasteiger partial charge < -0.3 is 16.2 Å². The maximum absolute atomic E-state index is 13.1. The van der Waals surface area contributed by atoms with Crippen LogP contribution >= 0.6 is 11.8 Å². The molecule has 0 bridgehead atoms. The van der Waals surface area contributed by atoms with Gasteiger partial charge in [-0.15, -0.1) is 11.8 Å². The number of thioether (sulfide) groups is 1. The molecule has 0 aromatic heterocycles. The lowest BCUT2D eigenvalue weighted by molar-refractivity contribution is -0.524. The number of fused-ring (bicyclic) bond motifs is 1. The molecule has 1 amide bonds. The second kappa shape index (κ2) is 10.5. The van der Waals surface area contributed by atoms with E-state index < -0.39 is 6.10 Å². The van der Waals surface area contributed by atoms with E-state index in [1.165, 1.54) is 30.6 Å². The minimum Gasteiger partial charge on any atom is -0.847 e. The Morgan fingerprint density at radius 1 is 1.23 bits per heavy atom. The summed E-state index contributed by atoms with van der Waals surface area (Å²) in [4.78, 5) is 16.4. The van der Waals surface area contributed by atoms with E-state index in [2.05, 4.69) is 28.1 Å². The minimum absolute atomic E-state index is 0.0815. The molecule has 5 nitrogen and oxygen atoms in total. The van der Waals surface area contributed by atoms with Crippen LogP contribution in [0.3, 0.4) is 0 Å². The van der Waals surface area contributed by atoms with E-state index in [1.54, 1.807) is 11.8 Å². The van der Waals surface area contributed by atoms with Crippen LogP contribution in [-0.4, -0.2) is 53.4 Å². The Kier molecular flexibility index (Phi) is 8.24. The third kappa shape index (κ3) is 6.71. The Morgan fingerprint density at radius 2 is 1.90 bits per heavy atom. The number of hydrogen-bond acceptors (Lipinski definition) is 4. The first-order valence-electron chi connectivity index (χ1n) is 11.5. The van der Waals surface area contributed by atoms with Crippen molar-refractivity contribution in [3.05, 3.63) is 30.3 Å². The lowest BCUT2D eigenvalue weighted by Crippen LogP contribution is -2.73. The number of amides is 1. The first-order valence-corrected chi connectivity index (χ1v) is 12.4. The fraction of sp³-hybridized carbons (Fsp3) is 0.708. The topological polar surface area (TPSA) is 83.0 Å². The molecule has 1 saturated heterocycles. The molecule has 2 fully saturated rings. The van der Waals surface area contributed by atoms with Gasteiger partial charge in [0.1, 0.15) is 0 Å². The largest absolute Gasteiger partial charge is 0.847 e. The highest BCUT2D eigenvalue weighted by Crippen LogP contribution is 2.38. The third-order valence-electron chi connectivity index (χ3n) is 6.45. The normalized spacial score (nSPS) is 27.2. The monoisotopic (exact) mass is 433 g/mol. The Morgan fingerprint density at radius 3 is 2.57 bits per heavy atom. The van der Waals surface area contributed by atoms with E-state index in [-0.39, 0.29) is 23.5 Å². The van der Waals surface area contributed by atoms with Crippen LogP contribution < -0.4 is 16.2 Å². The molecule has 6 heteroatoms. The van der Waals surface area contributed by atoms with Crippen molar-refractivity contribution >= 4 is 17.7 Å². The Labute approximate surface area is 186 Å². The van der Waals surface area contributed by atoms with E-state index in [9.17, 15) is 9.90 Å². The summed E-state index contributed by atoms with van der Waals surface area (Å²) in [7, 11) is 0. The van der Waals surface area contributed by atoms with E-state index in [1.807, 2.05) is 39.0 Å². The van der Waals surface area contributed by atoms with Crippen LogP contribution in [0.1, 0.15) is 52.9 Å². The molecule has 2 aliphatic rings. The molecule has 168 valence electrons. The standard InChI is InChI=1S/C24H38N3O2S/c1-24(2,3)26-23(29)21-13-17-9-7-8-10-18(17)14-27(21)15-22(28)20(25)16-30-19-11-5-4-6-12-19/h4-6,11-12,17-18,20-22H,7-10,13-16,25H2,1-3H3,(H,26,29)/q-1/p+1/t17-,18+,20-,21-,22+/m0/s1. The third-order valence-corrected chi connectivity index (χ3v) is 7.65. The highest BCUT2D eigenvalue weighted by atomic mass is 32.2. The molecule has 5 atom stereocenters. The van der Waals surface area contributed by atoms with Crippen LogP contribution in [0, 0.1) is 11.8 Å². The number of benzene rings is 1. The molecule has 0 unspecified atom stereocenters. The highest BCUT2D eigenvalue weighted by molar-refractivity contribution is 7.99. The van der Waals surface area contributed by atoms with Gasteiger partial charge in [0.2, 0.25) is 5.91 Å². The lowest BCUT2D eigenvalue weighted by atomic mass is 9.72. The lowest BCUT2D eigenvalue weighted by Gasteiger charge is -2.48. The van der Waals surface area contributed by atoms with Gasteiger partial charge in [0, 0.05) is 22.7 Å². The molecule has 1 saturated carbocycles. The van der Waals surface area contributed by atoms with Crippen molar-refractivity contribution in [1.82, 2.24) is 10.2 Å². The van der Waals surface area contributed by atoms with Crippen molar-refractivity contribution in [2.45, 2.75) is 81.5 Å². The van der Waals surface area contributed by atoms with Crippen LogP contribution in [0.25, 0.3) is 0 Å². The number of nitrogens with zero attached hydrogens (tertiary/aromatic N) is 1. The summed E-state index contributed by atoms with van der Waals surface area (Å²) >= 11 is 1.69. The first kappa shape index (κ1) is 23.6. The van der Waals surface area contributed by atoms with Gasteiger partial charge in [-0.25, -0.2) is 0 Å². The van der Waals surface area contributed by atoms with Crippen molar-refractivity contribution in [2.75, 3.05) is 18.8 Å². The van der Waals surface area contributed by atoms with Crippen molar-refractivity contribution in [2.24, 2.45) is 11.8 Å². The van der Waals surface area contributed by atoms with Crippen LogP contribution in [0.2, 0.25) is 0 Å². The van der Waals surface area contributed by atoms with Gasteiger partial charge in [-0.1, -0.05) is 43.6 Å². The zero-order valence-corrected chi connectivity index (χ0v) is 19.6. The maximum atomic E-state index is 13.1. The Balaban J connectivity index is 1.62. The molecular formula is C24H39N3O2S.